The summed E-state index contributed by atoms with van der Waals surface area (Å²) in [4.78, 5) is 19.5. The third-order valence-corrected chi connectivity index (χ3v) is 5.26. The van der Waals surface area contributed by atoms with Crippen molar-refractivity contribution in [3.8, 4) is 0 Å². The highest BCUT2D eigenvalue weighted by Crippen LogP contribution is 2.33. The monoisotopic (exact) mass is 362 g/mol. The van der Waals surface area contributed by atoms with Crippen molar-refractivity contribution in [3.63, 3.8) is 0 Å². The number of amides is 1. The molecule has 0 aliphatic carbocycles. The molecule has 1 atom stereocenters. The van der Waals surface area contributed by atoms with Crippen LogP contribution in [0.4, 0.5) is 0 Å². The number of hydrogen-bond acceptors (Lipinski definition) is 5. The summed E-state index contributed by atoms with van der Waals surface area (Å²) in [6.07, 6.45) is 3.48. The Morgan fingerprint density at radius 3 is 2.50 bits per heavy atom. The normalized spacial score (nSPS) is 23.1. The Morgan fingerprint density at radius 2 is 2.00 bits per heavy atom. The van der Waals surface area contributed by atoms with Gasteiger partial charge in [0.15, 0.2) is 0 Å². The lowest BCUT2D eigenvalue weighted by atomic mass is 9.85. The van der Waals surface area contributed by atoms with E-state index in [1.165, 1.54) is 6.42 Å². The van der Waals surface area contributed by atoms with Crippen LogP contribution in [0.3, 0.4) is 0 Å². The first kappa shape index (κ1) is 20.5. The molecule has 0 saturated carbocycles. The molecule has 1 amide bonds. The molecule has 1 fully saturated rings. The van der Waals surface area contributed by atoms with Gasteiger partial charge >= 0.3 is 0 Å². The van der Waals surface area contributed by atoms with Crippen molar-refractivity contribution in [2.24, 2.45) is 4.99 Å². The fraction of sp³-hybridized carbons (Fsp3) is 0.750. The van der Waals surface area contributed by atoms with Crippen LogP contribution in [-0.2, 0) is 11.2 Å². The van der Waals surface area contributed by atoms with E-state index in [1.807, 2.05) is 17.9 Å². The van der Waals surface area contributed by atoms with E-state index >= 15 is 0 Å². The first-order valence-corrected chi connectivity index (χ1v) is 9.71. The Hall–Kier alpha value is -1.85. The van der Waals surface area contributed by atoms with Crippen molar-refractivity contribution in [3.05, 3.63) is 17.5 Å². The summed E-state index contributed by atoms with van der Waals surface area (Å²) in [5.74, 6) is 1.65. The molecule has 2 aliphatic heterocycles. The molecule has 0 radical (unpaired) electrons. The Labute approximate surface area is 157 Å². The molecule has 0 bridgehead atoms. The SMILES string of the molecule is CCC.Cc1cc(CC(=O)N2CCCC2C2=NC(C)(C)C(C)(C)N2)on1. The van der Waals surface area contributed by atoms with Crippen LogP contribution in [0.1, 0.15) is 72.3 Å². The summed E-state index contributed by atoms with van der Waals surface area (Å²) >= 11 is 0. The number of amidine groups is 1. The average Bonchev–Trinajstić information content (AvgIpc) is 3.19. The van der Waals surface area contributed by atoms with Crippen molar-refractivity contribution in [2.45, 2.75) is 91.3 Å². The number of aromatic nitrogens is 1. The molecule has 1 unspecified atom stereocenters. The molecular formula is C20H34N4O2. The minimum atomic E-state index is -0.179. The number of carbonyl (C=O) groups is 1. The standard InChI is InChI=1S/C17H26N4O2.C3H8/c1-11-9-12(23-20-11)10-14(22)21-8-6-7-13(21)15-18-16(2,3)17(4,5)19-15;1-3-2/h9,13H,6-8,10H2,1-5H3,(H,18,19);3H2,1-2H3. The highest BCUT2D eigenvalue weighted by atomic mass is 16.5. The first-order valence-electron chi connectivity index (χ1n) is 9.71. The van der Waals surface area contributed by atoms with Crippen LogP contribution >= 0.6 is 0 Å². The maximum Gasteiger partial charge on any atom is 0.230 e. The van der Waals surface area contributed by atoms with Crippen molar-refractivity contribution >= 4 is 11.7 Å². The molecule has 6 nitrogen and oxygen atoms in total. The van der Waals surface area contributed by atoms with E-state index in [9.17, 15) is 4.79 Å². The third-order valence-electron chi connectivity index (χ3n) is 5.26. The minimum Gasteiger partial charge on any atom is -0.365 e. The summed E-state index contributed by atoms with van der Waals surface area (Å²) < 4.78 is 5.18. The van der Waals surface area contributed by atoms with Gasteiger partial charge < -0.3 is 14.7 Å². The third kappa shape index (κ3) is 4.27. The van der Waals surface area contributed by atoms with Crippen LogP contribution in [0.2, 0.25) is 0 Å². The van der Waals surface area contributed by atoms with Gasteiger partial charge in [0.25, 0.3) is 0 Å². The maximum absolute atomic E-state index is 12.7. The molecule has 3 heterocycles. The number of likely N-dealkylation sites (tertiary alicyclic amines) is 1. The zero-order valence-corrected chi connectivity index (χ0v) is 17.3. The largest absolute Gasteiger partial charge is 0.365 e. The van der Waals surface area contributed by atoms with Crippen molar-refractivity contribution in [1.82, 2.24) is 15.4 Å². The topological polar surface area (TPSA) is 70.7 Å². The van der Waals surface area contributed by atoms with Crippen LogP contribution in [0.15, 0.2) is 15.6 Å². The van der Waals surface area contributed by atoms with E-state index in [-0.39, 0.29) is 29.4 Å². The smallest absolute Gasteiger partial charge is 0.230 e. The van der Waals surface area contributed by atoms with Gasteiger partial charge in [-0.3, -0.25) is 9.79 Å². The van der Waals surface area contributed by atoms with E-state index in [0.717, 1.165) is 30.9 Å². The van der Waals surface area contributed by atoms with E-state index in [4.69, 9.17) is 9.52 Å². The number of hydrogen-bond donors (Lipinski definition) is 1. The fourth-order valence-corrected chi connectivity index (χ4v) is 3.20. The second-order valence-electron chi connectivity index (χ2n) is 8.37. The van der Waals surface area contributed by atoms with Gasteiger partial charge in [-0.15, -0.1) is 0 Å². The number of carbonyl (C=O) groups excluding carboxylic acids is 1. The zero-order valence-electron chi connectivity index (χ0n) is 17.3. The molecule has 0 spiro atoms. The molecule has 26 heavy (non-hydrogen) atoms. The zero-order chi connectivity index (χ0) is 19.5. The predicted octanol–water partition coefficient (Wildman–Crippen LogP) is 3.49. The van der Waals surface area contributed by atoms with Gasteiger partial charge in [0.05, 0.1) is 29.2 Å². The number of rotatable bonds is 3. The fourth-order valence-electron chi connectivity index (χ4n) is 3.20. The summed E-state index contributed by atoms with van der Waals surface area (Å²) in [5.41, 5.74) is 0.514. The van der Waals surface area contributed by atoms with Crippen LogP contribution in [-0.4, -0.2) is 45.5 Å². The van der Waals surface area contributed by atoms with Gasteiger partial charge in [0, 0.05) is 12.6 Å². The van der Waals surface area contributed by atoms with Gasteiger partial charge in [-0.2, -0.15) is 0 Å². The van der Waals surface area contributed by atoms with Gasteiger partial charge in [-0.1, -0.05) is 25.4 Å². The van der Waals surface area contributed by atoms with Crippen molar-refractivity contribution in [1.29, 1.82) is 0 Å². The Morgan fingerprint density at radius 1 is 1.35 bits per heavy atom. The van der Waals surface area contributed by atoms with E-state index in [1.54, 1.807) is 0 Å². The number of nitrogens with one attached hydrogen (secondary N) is 1. The van der Waals surface area contributed by atoms with Crippen LogP contribution < -0.4 is 5.32 Å². The number of aryl methyl sites for hydroxylation is 1. The van der Waals surface area contributed by atoms with Crippen LogP contribution in [0.5, 0.6) is 0 Å². The molecule has 2 aliphatic rings. The molecule has 6 heteroatoms. The van der Waals surface area contributed by atoms with Crippen molar-refractivity contribution < 1.29 is 9.32 Å². The molecule has 146 valence electrons. The van der Waals surface area contributed by atoms with E-state index < -0.39 is 0 Å². The lowest BCUT2D eigenvalue weighted by Crippen LogP contribution is -2.53. The van der Waals surface area contributed by atoms with E-state index in [0.29, 0.717) is 5.76 Å². The molecule has 1 aromatic rings. The summed E-state index contributed by atoms with van der Waals surface area (Å²) in [6.45, 7) is 15.5. The molecule has 1 N–H and O–H groups in total. The minimum absolute atomic E-state index is 0.0487. The lowest BCUT2D eigenvalue weighted by molar-refractivity contribution is -0.130. The quantitative estimate of drug-likeness (QED) is 0.893. The molecule has 3 rings (SSSR count). The highest BCUT2D eigenvalue weighted by molar-refractivity contribution is 5.94. The van der Waals surface area contributed by atoms with Gasteiger partial charge in [0.1, 0.15) is 11.6 Å². The Kier molecular flexibility index (Phi) is 6.14. The van der Waals surface area contributed by atoms with Gasteiger partial charge in [-0.25, -0.2) is 0 Å². The molecule has 0 aromatic carbocycles. The van der Waals surface area contributed by atoms with Gasteiger partial charge in [-0.05, 0) is 47.5 Å². The summed E-state index contributed by atoms with van der Waals surface area (Å²) in [7, 11) is 0. The van der Waals surface area contributed by atoms with E-state index in [2.05, 4.69) is 52.0 Å². The van der Waals surface area contributed by atoms with Gasteiger partial charge in [0.2, 0.25) is 5.91 Å². The maximum atomic E-state index is 12.7. The van der Waals surface area contributed by atoms with Crippen LogP contribution in [0.25, 0.3) is 0 Å². The van der Waals surface area contributed by atoms with Crippen molar-refractivity contribution in [2.75, 3.05) is 6.54 Å². The Balaban J connectivity index is 0.000000758. The average molecular weight is 363 g/mol. The lowest BCUT2D eigenvalue weighted by Gasteiger charge is -2.33. The Bertz CT molecular complexity index is 661. The van der Waals surface area contributed by atoms with Crippen LogP contribution in [0, 0.1) is 6.92 Å². The second kappa shape index (κ2) is 7.80. The number of aliphatic imine (C=N–C) groups is 1. The molecular weight excluding hydrogens is 328 g/mol. The predicted molar refractivity (Wildman–Crippen MR) is 104 cm³/mol. The summed E-state index contributed by atoms with van der Waals surface area (Å²) in [5, 5.41) is 7.38. The summed E-state index contributed by atoms with van der Waals surface area (Å²) in [6, 6.07) is 1.87. The molecule has 1 aromatic heterocycles. The highest BCUT2D eigenvalue weighted by Gasteiger charge is 2.46. The second-order valence-corrected chi connectivity index (χ2v) is 8.37. The number of nitrogens with zero attached hydrogens (tertiary/aromatic N) is 3. The molecule has 1 saturated heterocycles. The first-order chi connectivity index (χ1) is 12.1.